The molecule has 0 saturated carbocycles. The molecule has 4 heteroatoms. The van der Waals surface area contributed by atoms with Gasteiger partial charge in [0.15, 0.2) is 11.6 Å². The summed E-state index contributed by atoms with van der Waals surface area (Å²) in [6.07, 6.45) is 0.942. The summed E-state index contributed by atoms with van der Waals surface area (Å²) in [4.78, 5) is 2.09. The van der Waals surface area contributed by atoms with E-state index in [4.69, 9.17) is 9.84 Å². The van der Waals surface area contributed by atoms with E-state index in [-0.39, 0.29) is 24.1 Å². The van der Waals surface area contributed by atoms with Crippen LogP contribution in [0.5, 0.6) is 5.75 Å². The van der Waals surface area contributed by atoms with Crippen LogP contribution < -0.4 is 4.74 Å². The van der Waals surface area contributed by atoms with Crippen molar-refractivity contribution in [3.8, 4) is 5.75 Å². The zero-order valence-corrected chi connectivity index (χ0v) is 11.3. The molecule has 1 aromatic rings. The summed E-state index contributed by atoms with van der Waals surface area (Å²) in [6.45, 7) is 3.72. The summed E-state index contributed by atoms with van der Waals surface area (Å²) in [6, 6.07) is 5.00. The number of aliphatic hydroxyl groups is 1. The van der Waals surface area contributed by atoms with Gasteiger partial charge in [0, 0.05) is 19.7 Å². The van der Waals surface area contributed by atoms with E-state index in [2.05, 4.69) is 11.8 Å². The third kappa shape index (κ3) is 4.27. The molecule has 0 aliphatic heterocycles. The van der Waals surface area contributed by atoms with Crippen molar-refractivity contribution in [2.24, 2.45) is 5.92 Å². The molecule has 1 aromatic carbocycles. The lowest BCUT2D eigenvalue weighted by Crippen LogP contribution is -2.27. The molecule has 3 nitrogen and oxygen atoms in total. The van der Waals surface area contributed by atoms with E-state index in [0.717, 1.165) is 18.5 Å². The maximum Gasteiger partial charge on any atom is 0.165 e. The predicted octanol–water partition coefficient (Wildman–Crippen LogP) is 2.28. The standard InChI is InChI=1S/C14H22FNO2/c1-4-11(10-17)8-16(2)9-12-5-6-14(18-3)13(15)7-12/h5-7,11,17H,4,8-10H2,1-3H3. The van der Waals surface area contributed by atoms with Crippen molar-refractivity contribution in [3.05, 3.63) is 29.6 Å². The van der Waals surface area contributed by atoms with Crippen molar-refractivity contribution >= 4 is 0 Å². The van der Waals surface area contributed by atoms with Crippen LogP contribution in [0.2, 0.25) is 0 Å². The van der Waals surface area contributed by atoms with Crippen LogP contribution in [0.15, 0.2) is 18.2 Å². The summed E-state index contributed by atoms with van der Waals surface area (Å²) in [5.74, 6) is 0.207. The molecule has 0 fully saturated rings. The normalized spacial score (nSPS) is 12.8. The third-order valence-corrected chi connectivity index (χ3v) is 3.07. The number of hydrogen-bond donors (Lipinski definition) is 1. The SMILES string of the molecule is CCC(CO)CN(C)Cc1ccc(OC)c(F)c1. The Labute approximate surface area is 108 Å². The minimum absolute atomic E-state index is 0.192. The molecule has 1 rings (SSSR count). The van der Waals surface area contributed by atoms with Gasteiger partial charge in [0.1, 0.15) is 0 Å². The number of methoxy groups -OCH3 is 1. The summed E-state index contributed by atoms with van der Waals surface area (Å²) in [5.41, 5.74) is 0.906. The number of rotatable bonds is 7. The second-order valence-electron chi connectivity index (χ2n) is 4.62. The zero-order chi connectivity index (χ0) is 13.5. The first-order valence-corrected chi connectivity index (χ1v) is 6.22. The first kappa shape index (κ1) is 14.9. The van der Waals surface area contributed by atoms with Crippen LogP contribution >= 0.6 is 0 Å². The molecule has 1 unspecified atom stereocenters. The van der Waals surface area contributed by atoms with Gasteiger partial charge in [-0.25, -0.2) is 4.39 Å². The summed E-state index contributed by atoms with van der Waals surface area (Å²) in [5, 5.41) is 9.15. The molecule has 0 aliphatic carbocycles. The topological polar surface area (TPSA) is 32.7 Å². The molecular formula is C14H22FNO2. The van der Waals surface area contributed by atoms with Gasteiger partial charge in [-0.3, -0.25) is 0 Å². The lowest BCUT2D eigenvalue weighted by molar-refractivity contribution is 0.173. The number of halogens is 1. The number of benzene rings is 1. The van der Waals surface area contributed by atoms with Gasteiger partial charge in [0.05, 0.1) is 7.11 Å². The minimum atomic E-state index is -0.336. The Kier molecular flexibility index (Phi) is 6.09. The fourth-order valence-electron chi connectivity index (χ4n) is 1.94. The van der Waals surface area contributed by atoms with E-state index < -0.39 is 0 Å². The highest BCUT2D eigenvalue weighted by molar-refractivity contribution is 5.29. The largest absolute Gasteiger partial charge is 0.494 e. The van der Waals surface area contributed by atoms with Crippen molar-refractivity contribution in [2.75, 3.05) is 27.3 Å². The van der Waals surface area contributed by atoms with Crippen molar-refractivity contribution in [1.29, 1.82) is 0 Å². The fraction of sp³-hybridized carbons (Fsp3) is 0.571. The molecule has 1 N–H and O–H groups in total. The fourth-order valence-corrected chi connectivity index (χ4v) is 1.94. The van der Waals surface area contributed by atoms with Crippen molar-refractivity contribution in [1.82, 2.24) is 4.90 Å². The average Bonchev–Trinajstić information content (AvgIpc) is 2.36. The molecule has 0 heterocycles. The highest BCUT2D eigenvalue weighted by Gasteiger charge is 2.10. The second-order valence-corrected chi connectivity index (χ2v) is 4.62. The molecule has 0 aromatic heterocycles. The Hall–Kier alpha value is -1.13. The lowest BCUT2D eigenvalue weighted by Gasteiger charge is -2.21. The molecule has 0 aliphatic rings. The third-order valence-electron chi connectivity index (χ3n) is 3.07. The Morgan fingerprint density at radius 1 is 1.44 bits per heavy atom. The molecule has 0 radical (unpaired) electrons. The average molecular weight is 255 g/mol. The van der Waals surface area contributed by atoms with Gasteiger partial charge in [-0.1, -0.05) is 13.0 Å². The van der Waals surface area contributed by atoms with Gasteiger partial charge in [0.2, 0.25) is 0 Å². The maximum atomic E-state index is 13.5. The molecule has 0 spiro atoms. The molecule has 0 saturated heterocycles. The molecule has 1 atom stereocenters. The van der Waals surface area contributed by atoms with Gasteiger partial charge >= 0.3 is 0 Å². The summed E-state index contributed by atoms with van der Waals surface area (Å²) >= 11 is 0. The number of aliphatic hydroxyl groups excluding tert-OH is 1. The van der Waals surface area contributed by atoms with Crippen LogP contribution in [0, 0.1) is 11.7 Å². The molecule has 18 heavy (non-hydrogen) atoms. The van der Waals surface area contributed by atoms with E-state index in [9.17, 15) is 4.39 Å². The molecule has 0 bridgehead atoms. The van der Waals surface area contributed by atoms with Crippen molar-refractivity contribution < 1.29 is 14.2 Å². The van der Waals surface area contributed by atoms with Gasteiger partial charge in [-0.15, -0.1) is 0 Å². The Morgan fingerprint density at radius 3 is 2.67 bits per heavy atom. The van der Waals surface area contributed by atoms with Crippen molar-refractivity contribution in [3.63, 3.8) is 0 Å². The number of nitrogens with zero attached hydrogens (tertiary/aromatic N) is 1. The number of hydrogen-bond acceptors (Lipinski definition) is 3. The first-order valence-electron chi connectivity index (χ1n) is 6.22. The summed E-state index contributed by atoms with van der Waals surface area (Å²) < 4.78 is 18.4. The van der Waals surface area contributed by atoms with Gasteiger partial charge in [-0.05, 0) is 37.1 Å². The quantitative estimate of drug-likeness (QED) is 0.811. The Morgan fingerprint density at radius 2 is 2.17 bits per heavy atom. The van der Waals surface area contributed by atoms with Gasteiger partial charge in [-0.2, -0.15) is 0 Å². The highest BCUT2D eigenvalue weighted by Crippen LogP contribution is 2.18. The monoisotopic (exact) mass is 255 g/mol. The lowest BCUT2D eigenvalue weighted by atomic mass is 10.1. The Balaban J connectivity index is 2.59. The zero-order valence-electron chi connectivity index (χ0n) is 11.3. The van der Waals surface area contributed by atoms with Crippen LogP contribution in [0.3, 0.4) is 0 Å². The first-order chi connectivity index (χ1) is 8.60. The van der Waals surface area contributed by atoms with E-state index in [1.807, 2.05) is 13.1 Å². The van der Waals surface area contributed by atoms with Crippen LogP contribution in [0.1, 0.15) is 18.9 Å². The van der Waals surface area contributed by atoms with Gasteiger partial charge < -0.3 is 14.7 Å². The van der Waals surface area contributed by atoms with Crippen LogP contribution in [0.25, 0.3) is 0 Å². The maximum absolute atomic E-state index is 13.5. The minimum Gasteiger partial charge on any atom is -0.494 e. The molecular weight excluding hydrogens is 233 g/mol. The highest BCUT2D eigenvalue weighted by atomic mass is 19.1. The van der Waals surface area contributed by atoms with Crippen LogP contribution in [-0.2, 0) is 6.54 Å². The van der Waals surface area contributed by atoms with Crippen LogP contribution in [0.4, 0.5) is 4.39 Å². The smallest absolute Gasteiger partial charge is 0.165 e. The van der Waals surface area contributed by atoms with E-state index in [1.165, 1.54) is 13.2 Å². The van der Waals surface area contributed by atoms with E-state index in [0.29, 0.717) is 6.54 Å². The number of ether oxygens (including phenoxy) is 1. The molecule has 0 amide bonds. The predicted molar refractivity (Wildman–Crippen MR) is 70.2 cm³/mol. The molecule has 102 valence electrons. The van der Waals surface area contributed by atoms with Crippen LogP contribution in [-0.4, -0.2) is 37.3 Å². The Bertz CT molecular complexity index is 367. The van der Waals surface area contributed by atoms with Crippen molar-refractivity contribution in [2.45, 2.75) is 19.9 Å². The van der Waals surface area contributed by atoms with Gasteiger partial charge in [0.25, 0.3) is 0 Å². The second kappa shape index (κ2) is 7.34. The van der Waals surface area contributed by atoms with E-state index >= 15 is 0 Å². The summed E-state index contributed by atoms with van der Waals surface area (Å²) in [7, 11) is 3.43. The van der Waals surface area contributed by atoms with E-state index in [1.54, 1.807) is 6.07 Å².